The quantitative estimate of drug-likeness (QED) is 0.763. The van der Waals surface area contributed by atoms with Gasteiger partial charge in [0.1, 0.15) is 0 Å². The van der Waals surface area contributed by atoms with Crippen LogP contribution < -0.4 is 5.32 Å². The predicted octanol–water partition coefficient (Wildman–Crippen LogP) is 5.44. The standard InChI is InChI=1S/C16H23Cl2N/c1-2-16(12-7-4-3-5-8-12)19-11-13-14(17)9-6-10-15(13)18/h6,9-10,12,16,19H,2-5,7-8,11H2,1H3. The van der Waals surface area contributed by atoms with Crippen LogP contribution in [0.25, 0.3) is 0 Å². The fraction of sp³-hybridized carbons (Fsp3) is 0.625. The zero-order valence-corrected chi connectivity index (χ0v) is 13.1. The molecule has 1 N–H and O–H groups in total. The molecule has 1 aromatic rings. The summed E-state index contributed by atoms with van der Waals surface area (Å²) in [6.07, 6.45) is 8.07. The van der Waals surface area contributed by atoms with Crippen molar-refractivity contribution in [3.05, 3.63) is 33.8 Å². The molecule has 2 rings (SSSR count). The molecule has 1 aromatic carbocycles. The molecule has 0 radical (unpaired) electrons. The molecule has 0 aromatic heterocycles. The van der Waals surface area contributed by atoms with Crippen molar-refractivity contribution < 1.29 is 0 Å². The van der Waals surface area contributed by atoms with E-state index in [2.05, 4.69) is 12.2 Å². The summed E-state index contributed by atoms with van der Waals surface area (Å²) in [6.45, 7) is 3.04. The molecule has 0 spiro atoms. The van der Waals surface area contributed by atoms with Gasteiger partial charge in [0.15, 0.2) is 0 Å². The first-order valence-corrected chi connectivity index (χ1v) is 8.14. The summed E-state index contributed by atoms with van der Waals surface area (Å²) < 4.78 is 0. The number of benzene rings is 1. The minimum absolute atomic E-state index is 0.590. The highest BCUT2D eigenvalue weighted by molar-refractivity contribution is 6.35. The molecule has 19 heavy (non-hydrogen) atoms. The first-order chi connectivity index (χ1) is 9.22. The topological polar surface area (TPSA) is 12.0 Å². The summed E-state index contributed by atoms with van der Waals surface area (Å²) in [5, 5.41) is 5.19. The largest absolute Gasteiger partial charge is 0.310 e. The zero-order chi connectivity index (χ0) is 13.7. The van der Waals surface area contributed by atoms with Crippen LogP contribution >= 0.6 is 23.2 Å². The Hall–Kier alpha value is -0.240. The summed E-state index contributed by atoms with van der Waals surface area (Å²) in [5.41, 5.74) is 1.03. The van der Waals surface area contributed by atoms with E-state index < -0.39 is 0 Å². The van der Waals surface area contributed by atoms with E-state index in [-0.39, 0.29) is 0 Å². The Bertz CT molecular complexity index is 379. The molecule has 1 nitrogen and oxygen atoms in total. The molecule has 0 aliphatic heterocycles. The van der Waals surface area contributed by atoms with Crippen LogP contribution in [0.15, 0.2) is 18.2 Å². The Morgan fingerprint density at radius 1 is 1.16 bits per heavy atom. The van der Waals surface area contributed by atoms with E-state index in [0.717, 1.165) is 28.1 Å². The molecule has 1 fully saturated rings. The molecule has 1 aliphatic rings. The van der Waals surface area contributed by atoms with E-state index in [4.69, 9.17) is 23.2 Å². The maximum atomic E-state index is 6.22. The van der Waals surface area contributed by atoms with Gasteiger partial charge in [-0.05, 0) is 37.3 Å². The highest BCUT2D eigenvalue weighted by atomic mass is 35.5. The van der Waals surface area contributed by atoms with Crippen LogP contribution in [0.5, 0.6) is 0 Å². The second-order valence-corrected chi connectivity index (χ2v) is 6.31. The summed E-state index contributed by atoms with van der Waals surface area (Å²) in [6, 6.07) is 6.30. The summed E-state index contributed by atoms with van der Waals surface area (Å²) in [4.78, 5) is 0. The van der Waals surface area contributed by atoms with Crippen LogP contribution in [0.1, 0.15) is 51.0 Å². The van der Waals surface area contributed by atoms with Crippen LogP contribution in [0.2, 0.25) is 10.0 Å². The molecular formula is C16H23Cl2N. The molecule has 0 saturated heterocycles. The molecule has 1 saturated carbocycles. The van der Waals surface area contributed by atoms with E-state index in [0.29, 0.717) is 6.04 Å². The maximum absolute atomic E-state index is 6.22. The first kappa shape index (κ1) is 15.2. The SMILES string of the molecule is CCC(NCc1c(Cl)cccc1Cl)C1CCCCC1. The van der Waals surface area contributed by atoms with Crippen molar-refractivity contribution in [1.82, 2.24) is 5.32 Å². The monoisotopic (exact) mass is 299 g/mol. The molecule has 1 aliphatic carbocycles. The van der Waals surface area contributed by atoms with E-state index in [9.17, 15) is 0 Å². The number of halogens is 2. The molecule has 1 unspecified atom stereocenters. The highest BCUT2D eigenvalue weighted by Gasteiger charge is 2.22. The average molecular weight is 300 g/mol. The highest BCUT2D eigenvalue weighted by Crippen LogP contribution is 2.29. The Balaban J connectivity index is 1.95. The first-order valence-electron chi connectivity index (χ1n) is 7.38. The fourth-order valence-electron chi connectivity index (χ4n) is 3.12. The Labute approximate surface area is 126 Å². The van der Waals surface area contributed by atoms with E-state index >= 15 is 0 Å². The third kappa shape index (κ3) is 4.11. The van der Waals surface area contributed by atoms with Crippen molar-refractivity contribution in [3.8, 4) is 0 Å². The molecular weight excluding hydrogens is 277 g/mol. The fourth-order valence-corrected chi connectivity index (χ4v) is 3.65. The molecule has 0 heterocycles. The van der Waals surface area contributed by atoms with Crippen molar-refractivity contribution in [2.45, 2.75) is 58.0 Å². The molecule has 3 heteroatoms. The number of rotatable bonds is 5. The van der Waals surface area contributed by atoms with Gasteiger partial charge >= 0.3 is 0 Å². The van der Waals surface area contributed by atoms with Gasteiger partial charge in [0.2, 0.25) is 0 Å². The van der Waals surface area contributed by atoms with E-state index in [1.54, 1.807) is 0 Å². The van der Waals surface area contributed by atoms with Crippen molar-refractivity contribution >= 4 is 23.2 Å². The lowest BCUT2D eigenvalue weighted by atomic mass is 9.83. The minimum atomic E-state index is 0.590. The Kier molecular flexibility index (Phi) is 6.00. The second-order valence-electron chi connectivity index (χ2n) is 5.49. The van der Waals surface area contributed by atoms with Crippen LogP contribution in [-0.2, 0) is 6.54 Å². The molecule has 106 valence electrons. The van der Waals surface area contributed by atoms with Gasteiger partial charge in [-0.2, -0.15) is 0 Å². The van der Waals surface area contributed by atoms with Crippen LogP contribution in [-0.4, -0.2) is 6.04 Å². The van der Waals surface area contributed by atoms with Gasteiger partial charge in [0.05, 0.1) is 0 Å². The van der Waals surface area contributed by atoms with E-state index in [1.807, 2.05) is 18.2 Å². The minimum Gasteiger partial charge on any atom is -0.310 e. The third-order valence-electron chi connectivity index (χ3n) is 4.26. The third-order valence-corrected chi connectivity index (χ3v) is 4.97. The van der Waals surface area contributed by atoms with E-state index in [1.165, 1.54) is 38.5 Å². The average Bonchev–Trinajstić information content (AvgIpc) is 2.43. The smallest absolute Gasteiger partial charge is 0.0465 e. The van der Waals surface area contributed by atoms with Crippen molar-refractivity contribution in [3.63, 3.8) is 0 Å². The number of nitrogens with one attached hydrogen (secondary N) is 1. The van der Waals surface area contributed by atoms with Gasteiger partial charge in [-0.15, -0.1) is 0 Å². The second kappa shape index (κ2) is 7.52. The van der Waals surface area contributed by atoms with Crippen LogP contribution in [0.4, 0.5) is 0 Å². The summed E-state index contributed by atoms with van der Waals surface area (Å²) in [7, 11) is 0. The summed E-state index contributed by atoms with van der Waals surface area (Å²) in [5.74, 6) is 0.819. The van der Waals surface area contributed by atoms with Gasteiger partial charge in [0.25, 0.3) is 0 Å². The molecule has 1 atom stereocenters. The lowest BCUT2D eigenvalue weighted by Crippen LogP contribution is -2.36. The molecule has 0 bridgehead atoms. The van der Waals surface area contributed by atoms with Gasteiger partial charge in [-0.25, -0.2) is 0 Å². The Morgan fingerprint density at radius 2 is 1.79 bits per heavy atom. The van der Waals surface area contributed by atoms with Gasteiger partial charge in [0, 0.05) is 28.2 Å². The van der Waals surface area contributed by atoms with Gasteiger partial charge in [-0.1, -0.05) is 55.5 Å². The number of hydrogen-bond donors (Lipinski definition) is 1. The van der Waals surface area contributed by atoms with Gasteiger partial charge in [-0.3, -0.25) is 0 Å². The number of hydrogen-bond acceptors (Lipinski definition) is 1. The Morgan fingerprint density at radius 3 is 2.37 bits per heavy atom. The zero-order valence-electron chi connectivity index (χ0n) is 11.6. The summed E-state index contributed by atoms with van der Waals surface area (Å²) >= 11 is 12.4. The van der Waals surface area contributed by atoms with Crippen LogP contribution in [0, 0.1) is 5.92 Å². The van der Waals surface area contributed by atoms with Crippen molar-refractivity contribution in [1.29, 1.82) is 0 Å². The lowest BCUT2D eigenvalue weighted by Gasteiger charge is -2.30. The normalized spacial score (nSPS) is 18.5. The maximum Gasteiger partial charge on any atom is 0.0465 e. The van der Waals surface area contributed by atoms with Crippen molar-refractivity contribution in [2.75, 3.05) is 0 Å². The molecule has 0 amide bonds. The van der Waals surface area contributed by atoms with Gasteiger partial charge < -0.3 is 5.32 Å². The van der Waals surface area contributed by atoms with Crippen LogP contribution in [0.3, 0.4) is 0 Å². The van der Waals surface area contributed by atoms with Crippen molar-refractivity contribution in [2.24, 2.45) is 5.92 Å². The lowest BCUT2D eigenvalue weighted by molar-refractivity contribution is 0.262. The predicted molar refractivity (Wildman–Crippen MR) is 84.0 cm³/mol.